The van der Waals surface area contributed by atoms with Gasteiger partial charge in [-0.25, -0.2) is 0 Å². The minimum atomic E-state index is -0.247. The molecule has 0 aromatic heterocycles. The molecule has 0 atom stereocenters. The molecule has 0 bridgehead atoms. The van der Waals surface area contributed by atoms with Crippen LogP contribution in [0.1, 0.15) is 20.8 Å². The summed E-state index contributed by atoms with van der Waals surface area (Å²) in [6.45, 7) is 5.68. The quantitative estimate of drug-likeness (QED) is 0.448. The molecule has 0 unspecified atom stereocenters. The van der Waals surface area contributed by atoms with E-state index in [1.165, 1.54) is 6.92 Å². The second-order valence-electron chi connectivity index (χ2n) is 2.14. The van der Waals surface area contributed by atoms with Crippen molar-refractivity contribution in [3.8, 4) is 0 Å². The SMILES string of the molecule is CC(=O)OCNC(C)C. The van der Waals surface area contributed by atoms with E-state index in [2.05, 4.69) is 10.1 Å². The van der Waals surface area contributed by atoms with Crippen LogP contribution in [-0.2, 0) is 9.53 Å². The Hall–Kier alpha value is -0.570. The first-order valence-corrected chi connectivity index (χ1v) is 2.99. The molecule has 0 aromatic carbocycles. The van der Waals surface area contributed by atoms with Gasteiger partial charge in [0.1, 0.15) is 6.73 Å². The Labute approximate surface area is 55.4 Å². The molecule has 3 nitrogen and oxygen atoms in total. The highest BCUT2D eigenvalue weighted by Crippen LogP contribution is 1.76. The number of ether oxygens (including phenoxy) is 1. The first-order valence-electron chi connectivity index (χ1n) is 2.99. The van der Waals surface area contributed by atoms with Gasteiger partial charge in [0.2, 0.25) is 0 Å². The number of hydrogen-bond acceptors (Lipinski definition) is 3. The van der Waals surface area contributed by atoms with Crippen LogP contribution in [0.3, 0.4) is 0 Å². The normalized spacial score (nSPS) is 9.78. The van der Waals surface area contributed by atoms with Gasteiger partial charge in [-0.3, -0.25) is 10.1 Å². The Morgan fingerprint density at radius 2 is 2.22 bits per heavy atom. The average Bonchev–Trinajstić information content (AvgIpc) is 1.63. The molecular formula is C6H13NO2. The Bertz CT molecular complexity index is 91.1. The highest BCUT2D eigenvalue weighted by Gasteiger charge is 1.92. The highest BCUT2D eigenvalue weighted by atomic mass is 16.5. The number of carbonyl (C=O) groups excluding carboxylic acids is 1. The first-order chi connectivity index (χ1) is 4.13. The molecule has 0 rings (SSSR count). The predicted octanol–water partition coefficient (Wildman–Crippen LogP) is 0.505. The zero-order chi connectivity index (χ0) is 7.28. The van der Waals surface area contributed by atoms with Crippen LogP contribution < -0.4 is 5.32 Å². The lowest BCUT2D eigenvalue weighted by Crippen LogP contribution is -2.26. The van der Waals surface area contributed by atoms with Gasteiger partial charge in [0.15, 0.2) is 0 Å². The molecule has 3 heteroatoms. The number of hydrogen-bond donors (Lipinski definition) is 1. The second-order valence-corrected chi connectivity index (χ2v) is 2.14. The molecule has 0 spiro atoms. The third-order valence-corrected chi connectivity index (χ3v) is 0.767. The van der Waals surface area contributed by atoms with Gasteiger partial charge in [-0.1, -0.05) is 0 Å². The van der Waals surface area contributed by atoms with Gasteiger partial charge in [-0.2, -0.15) is 0 Å². The molecule has 0 radical (unpaired) electrons. The Balaban J connectivity index is 3.01. The standard InChI is InChI=1S/C6H13NO2/c1-5(2)7-4-9-6(3)8/h5,7H,4H2,1-3H3. The van der Waals surface area contributed by atoms with Gasteiger partial charge in [0.05, 0.1) is 0 Å². The minimum Gasteiger partial charge on any atom is -0.450 e. The smallest absolute Gasteiger partial charge is 0.303 e. The van der Waals surface area contributed by atoms with E-state index in [4.69, 9.17) is 0 Å². The summed E-state index contributed by atoms with van der Waals surface area (Å²) in [4.78, 5) is 10.2. The summed E-state index contributed by atoms with van der Waals surface area (Å²) in [6, 6.07) is 0.365. The van der Waals surface area contributed by atoms with Crippen LogP contribution >= 0.6 is 0 Å². The van der Waals surface area contributed by atoms with Crippen molar-refractivity contribution >= 4 is 5.97 Å². The van der Waals surface area contributed by atoms with Crippen molar-refractivity contribution in [1.82, 2.24) is 5.32 Å². The fourth-order valence-electron chi connectivity index (χ4n) is 0.310. The van der Waals surface area contributed by atoms with Gasteiger partial charge in [0, 0.05) is 13.0 Å². The van der Waals surface area contributed by atoms with Crippen LogP contribution in [0.25, 0.3) is 0 Å². The fraction of sp³-hybridized carbons (Fsp3) is 0.833. The summed E-state index contributed by atoms with van der Waals surface area (Å²) < 4.78 is 4.60. The van der Waals surface area contributed by atoms with Crippen LogP contribution in [0.5, 0.6) is 0 Å². The number of esters is 1. The van der Waals surface area contributed by atoms with E-state index in [1.807, 2.05) is 13.8 Å². The van der Waals surface area contributed by atoms with E-state index in [1.54, 1.807) is 0 Å². The minimum absolute atomic E-state index is 0.247. The maximum absolute atomic E-state index is 10.2. The summed E-state index contributed by atoms with van der Waals surface area (Å²) in [5.74, 6) is -0.247. The molecule has 0 aliphatic carbocycles. The second kappa shape index (κ2) is 4.32. The summed E-state index contributed by atoms with van der Waals surface area (Å²) in [6.07, 6.45) is 0. The molecule has 0 aliphatic heterocycles. The van der Waals surface area contributed by atoms with Crippen molar-refractivity contribution in [2.45, 2.75) is 26.8 Å². The van der Waals surface area contributed by atoms with Gasteiger partial charge in [-0.05, 0) is 13.8 Å². The van der Waals surface area contributed by atoms with Crippen LogP contribution in [0.4, 0.5) is 0 Å². The van der Waals surface area contributed by atoms with Crippen LogP contribution in [0, 0.1) is 0 Å². The van der Waals surface area contributed by atoms with Gasteiger partial charge >= 0.3 is 5.97 Å². The molecule has 0 heterocycles. The van der Waals surface area contributed by atoms with Crippen LogP contribution in [0.2, 0.25) is 0 Å². The van der Waals surface area contributed by atoms with Crippen molar-refractivity contribution in [1.29, 1.82) is 0 Å². The zero-order valence-electron chi connectivity index (χ0n) is 6.10. The molecule has 0 fully saturated rings. The molecule has 9 heavy (non-hydrogen) atoms. The maximum atomic E-state index is 10.2. The first kappa shape index (κ1) is 8.43. The Morgan fingerprint density at radius 3 is 2.56 bits per heavy atom. The van der Waals surface area contributed by atoms with Crippen LogP contribution in [-0.4, -0.2) is 18.7 Å². The lowest BCUT2D eigenvalue weighted by atomic mass is 10.4. The van der Waals surface area contributed by atoms with E-state index in [0.717, 1.165) is 0 Å². The monoisotopic (exact) mass is 131 g/mol. The van der Waals surface area contributed by atoms with Crippen molar-refractivity contribution < 1.29 is 9.53 Å². The number of rotatable bonds is 3. The predicted molar refractivity (Wildman–Crippen MR) is 34.9 cm³/mol. The summed E-state index contributed by atoms with van der Waals surface area (Å²) in [5.41, 5.74) is 0. The molecular weight excluding hydrogens is 118 g/mol. The Morgan fingerprint density at radius 1 is 1.67 bits per heavy atom. The molecule has 1 N–H and O–H groups in total. The van der Waals surface area contributed by atoms with Crippen molar-refractivity contribution in [3.63, 3.8) is 0 Å². The van der Waals surface area contributed by atoms with Crippen LogP contribution in [0.15, 0.2) is 0 Å². The Kier molecular flexibility index (Phi) is 4.05. The van der Waals surface area contributed by atoms with E-state index < -0.39 is 0 Å². The van der Waals surface area contributed by atoms with Crippen molar-refractivity contribution in [2.75, 3.05) is 6.73 Å². The molecule has 54 valence electrons. The summed E-state index contributed by atoms with van der Waals surface area (Å²) >= 11 is 0. The fourth-order valence-corrected chi connectivity index (χ4v) is 0.310. The van der Waals surface area contributed by atoms with Gasteiger partial charge in [0.25, 0.3) is 0 Å². The van der Waals surface area contributed by atoms with Gasteiger partial charge < -0.3 is 4.74 Å². The number of nitrogens with one attached hydrogen (secondary N) is 1. The lowest BCUT2D eigenvalue weighted by Gasteiger charge is -2.06. The van der Waals surface area contributed by atoms with E-state index in [0.29, 0.717) is 12.8 Å². The van der Waals surface area contributed by atoms with Crippen molar-refractivity contribution in [2.24, 2.45) is 0 Å². The summed E-state index contributed by atoms with van der Waals surface area (Å²) in [5, 5.41) is 2.93. The largest absolute Gasteiger partial charge is 0.450 e. The third kappa shape index (κ3) is 7.43. The molecule has 0 saturated carbocycles. The van der Waals surface area contributed by atoms with Crippen molar-refractivity contribution in [3.05, 3.63) is 0 Å². The lowest BCUT2D eigenvalue weighted by molar-refractivity contribution is -0.141. The number of carbonyl (C=O) groups is 1. The van der Waals surface area contributed by atoms with E-state index in [9.17, 15) is 4.79 Å². The van der Waals surface area contributed by atoms with E-state index in [-0.39, 0.29) is 5.97 Å². The van der Waals surface area contributed by atoms with E-state index >= 15 is 0 Å². The molecule has 0 amide bonds. The molecule has 0 saturated heterocycles. The highest BCUT2D eigenvalue weighted by molar-refractivity contribution is 5.65. The molecule has 0 aliphatic rings. The zero-order valence-corrected chi connectivity index (χ0v) is 6.10. The van der Waals surface area contributed by atoms with Gasteiger partial charge in [-0.15, -0.1) is 0 Å². The average molecular weight is 131 g/mol. The molecule has 0 aromatic rings. The topological polar surface area (TPSA) is 38.3 Å². The summed E-state index contributed by atoms with van der Waals surface area (Å²) in [7, 11) is 0. The maximum Gasteiger partial charge on any atom is 0.303 e. The third-order valence-electron chi connectivity index (χ3n) is 0.767.